The van der Waals surface area contributed by atoms with Crippen LogP contribution in [0.2, 0.25) is 0 Å². The highest BCUT2D eigenvalue weighted by Crippen LogP contribution is 2.57. The van der Waals surface area contributed by atoms with Crippen molar-refractivity contribution in [2.45, 2.75) is 12.1 Å². The highest BCUT2D eigenvalue weighted by Gasteiger charge is 2.55. The molecule has 1 saturated carbocycles. The zero-order chi connectivity index (χ0) is 13.2. The lowest BCUT2D eigenvalue weighted by Crippen LogP contribution is -2.13. The first-order valence-electron chi connectivity index (χ1n) is 6.22. The molecule has 0 radical (unpaired) electrons. The average Bonchev–Trinajstić information content (AvgIpc) is 2.78. The number of nitrogens with one attached hydrogen (secondary N) is 1. The van der Waals surface area contributed by atoms with Crippen molar-refractivity contribution < 1.29 is 13.2 Å². The van der Waals surface area contributed by atoms with Crippen LogP contribution in [0.25, 0.3) is 10.2 Å². The summed E-state index contributed by atoms with van der Waals surface area (Å²) >= 11 is 1.54. The average molecular weight is 321 g/mol. The summed E-state index contributed by atoms with van der Waals surface area (Å²) in [6, 6.07) is 3.83. The Labute approximate surface area is 123 Å². The van der Waals surface area contributed by atoms with Crippen LogP contribution in [0.4, 0.5) is 13.2 Å². The van der Waals surface area contributed by atoms with E-state index in [1.54, 1.807) is 0 Å². The van der Waals surface area contributed by atoms with Crippen LogP contribution in [0.15, 0.2) is 18.2 Å². The summed E-state index contributed by atoms with van der Waals surface area (Å²) in [5, 5.41) is 4.32. The fourth-order valence-electron chi connectivity index (χ4n) is 3.05. The van der Waals surface area contributed by atoms with Gasteiger partial charge in [0.2, 0.25) is 0 Å². The van der Waals surface area contributed by atoms with Crippen LogP contribution in [-0.2, 0) is 6.18 Å². The SMILES string of the molecule is Cl.FC(F)(F)c1ccc2sc(C3C4CNCC43)nc2c1. The van der Waals surface area contributed by atoms with Crippen molar-refractivity contribution in [3.8, 4) is 0 Å². The Morgan fingerprint density at radius 2 is 1.90 bits per heavy atom. The van der Waals surface area contributed by atoms with Crippen LogP contribution in [0.3, 0.4) is 0 Å². The molecular formula is C13H12ClF3N2S. The first-order valence-corrected chi connectivity index (χ1v) is 7.04. The largest absolute Gasteiger partial charge is 0.416 e. The van der Waals surface area contributed by atoms with Gasteiger partial charge in [0, 0.05) is 5.92 Å². The van der Waals surface area contributed by atoms with Gasteiger partial charge >= 0.3 is 6.18 Å². The third kappa shape index (κ3) is 2.10. The van der Waals surface area contributed by atoms with Crippen molar-refractivity contribution in [1.29, 1.82) is 0 Å². The van der Waals surface area contributed by atoms with Crippen LogP contribution in [0.5, 0.6) is 0 Å². The van der Waals surface area contributed by atoms with E-state index in [0.717, 1.165) is 34.9 Å². The summed E-state index contributed by atoms with van der Waals surface area (Å²) < 4.78 is 38.8. The van der Waals surface area contributed by atoms with Crippen LogP contribution in [0.1, 0.15) is 16.5 Å². The third-order valence-electron chi connectivity index (χ3n) is 4.11. The van der Waals surface area contributed by atoms with Crippen LogP contribution in [-0.4, -0.2) is 18.1 Å². The predicted octanol–water partition coefficient (Wildman–Crippen LogP) is 3.67. The minimum Gasteiger partial charge on any atom is -0.316 e. The number of alkyl halides is 3. The second-order valence-electron chi connectivity index (χ2n) is 5.24. The molecule has 1 N–H and O–H groups in total. The summed E-state index contributed by atoms with van der Waals surface area (Å²) in [6.07, 6.45) is -4.29. The molecule has 1 aliphatic carbocycles. The molecule has 0 amide bonds. The van der Waals surface area contributed by atoms with Gasteiger partial charge in [0.1, 0.15) is 0 Å². The Morgan fingerprint density at radius 3 is 2.55 bits per heavy atom. The highest BCUT2D eigenvalue weighted by molar-refractivity contribution is 7.18. The number of aromatic nitrogens is 1. The van der Waals surface area contributed by atoms with Gasteiger partial charge < -0.3 is 5.32 Å². The molecule has 4 rings (SSSR count). The maximum atomic E-state index is 12.6. The lowest BCUT2D eigenvalue weighted by atomic mass is 10.2. The first kappa shape index (κ1) is 14.1. The molecule has 2 unspecified atom stereocenters. The Morgan fingerprint density at radius 1 is 1.20 bits per heavy atom. The monoisotopic (exact) mass is 320 g/mol. The van der Waals surface area contributed by atoms with Gasteiger partial charge in [-0.2, -0.15) is 13.2 Å². The number of piperidine rings is 1. The van der Waals surface area contributed by atoms with E-state index < -0.39 is 11.7 Å². The standard InChI is InChI=1S/C13H11F3N2S.ClH/c14-13(15,16)6-1-2-10-9(3-6)18-12(19-10)11-7-4-17-5-8(7)11;/h1-3,7-8,11,17H,4-5H2;1H. The fourth-order valence-corrected chi connectivity index (χ4v) is 4.25. The van der Waals surface area contributed by atoms with Crippen LogP contribution in [0, 0.1) is 11.8 Å². The van der Waals surface area contributed by atoms with Gasteiger partial charge in [0.15, 0.2) is 0 Å². The van der Waals surface area contributed by atoms with Crippen molar-refractivity contribution in [3.63, 3.8) is 0 Å². The Bertz CT molecular complexity index is 645. The number of thiazole rings is 1. The molecule has 2 atom stereocenters. The molecule has 0 bridgehead atoms. The Kier molecular flexibility index (Phi) is 3.23. The van der Waals surface area contributed by atoms with Crippen molar-refractivity contribution in [2.24, 2.45) is 11.8 Å². The Balaban J connectivity index is 0.00000121. The molecule has 1 aromatic carbocycles. The summed E-state index contributed by atoms with van der Waals surface area (Å²) in [6.45, 7) is 2.03. The summed E-state index contributed by atoms with van der Waals surface area (Å²) in [5.74, 6) is 1.75. The summed E-state index contributed by atoms with van der Waals surface area (Å²) in [4.78, 5) is 4.42. The summed E-state index contributed by atoms with van der Waals surface area (Å²) in [7, 11) is 0. The van der Waals surface area contributed by atoms with Gasteiger partial charge in [-0.05, 0) is 43.1 Å². The third-order valence-corrected chi connectivity index (χ3v) is 5.25. The number of hydrogen-bond donors (Lipinski definition) is 1. The number of benzene rings is 1. The highest BCUT2D eigenvalue weighted by atomic mass is 35.5. The Hall–Kier alpha value is -0.850. The molecule has 0 spiro atoms. The molecule has 1 aliphatic heterocycles. The number of fused-ring (bicyclic) bond motifs is 2. The second kappa shape index (κ2) is 4.58. The van der Waals surface area contributed by atoms with Gasteiger partial charge in [-0.1, -0.05) is 0 Å². The zero-order valence-electron chi connectivity index (χ0n) is 10.3. The van der Waals surface area contributed by atoms with E-state index in [4.69, 9.17) is 0 Å². The minimum absolute atomic E-state index is 0. The number of hydrogen-bond acceptors (Lipinski definition) is 3. The van der Waals surface area contributed by atoms with Crippen molar-refractivity contribution in [3.05, 3.63) is 28.8 Å². The normalized spacial score (nSPS) is 28.2. The van der Waals surface area contributed by atoms with E-state index in [1.807, 2.05) is 0 Å². The van der Waals surface area contributed by atoms with E-state index in [2.05, 4.69) is 10.3 Å². The molecular weight excluding hydrogens is 309 g/mol. The number of rotatable bonds is 1. The number of nitrogens with zero attached hydrogens (tertiary/aromatic N) is 1. The van der Waals surface area contributed by atoms with Gasteiger partial charge in [0.05, 0.1) is 20.8 Å². The molecule has 1 aromatic heterocycles. The first-order chi connectivity index (χ1) is 9.04. The molecule has 2 aliphatic rings. The van der Waals surface area contributed by atoms with E-state index >= 15 is 0 Å². The van der Waals surface area contributed by atoms with E-state index in [9.17, 15) is 13.2 Å². The molecule has 2 aromatic rings. The molecule has 1 saturated heterocycles. The minimum atomic E-state index is -4.29. The van der Waals surface area contributed by atoms with Gasteiger partial charge in [0.25, 0.3) is 0 Å². The predicted molar refractivity (Wildman–Crippen MR) is 74.5 cm³/mol. The van der Waals surface area contributed by atoms with Crippen molar-refractivity contribution in [2.75, 3.05) is 13.1 Å². The molecule has 7 heteroatoms. The second-order valence-corrected chi connectivity index (χ2v) is 6.31. The van der Waals surface area contributed by atoms with Gasteiger partial charge in [-0.25, -0.2) is 4.98 Å². The molecule has 2 nitrogen and oxygen atoms in total. The maximum absolute atomic E-state index is 12.6. The van der Waals surface area contributed by atoms with Gasteiger partial charge in [-0.3, -0.25) is 0 Å². The number of halogens is 4. The zero-order valence-corrected chi connectivity index (χ0v) is 11.9. The van der Waals surface area contributed by atoms with Crippen LogP contribution < -0.4 is 5.32 Å². The maximum Gasteiger partial charge on any atom is 0.416 e. The van der Waals surface area contributed by atoms with E-state index in [1.165, 1.54) is 17.4 Å². The molecule has 2 fully saturated rings. The fraction of sp³-hybridized carbons (Fsp3) is 0.462. The lowest BCUT2D eigenvalue weighted by molar-refractivity contribution is -0.137. The van der Waals surface area contributed by atoms with Crippen LogP contribution >= 0.6 is 23.7 Å². The van der Waals surface area contributed by atoms with Gasteiger partial charge in [-0.15, -0.1) is 23.7 Å². The molecule has 108 valence electrons. The summed E-state index contributed by atoms with van der Waals surface area (Å²) in [5.41, 5.74) is -0.137. The van der Waals surface area contributed by atoms with Crippen molar-refractivity contribution >= 4 is 34.0 Å². The van der Waals surface area contributed by atoms with E-state index in [0.29, 0.717) is 23.3 Å². The molecule has 20 heavy (non-hydrogen) atoms. The van der Waals surface area contributed by atoms with E-state index in [-0.39, 0.29) is 12.4 Å². The quantitative estimate of drug-likeness (QED) is 0.867. The topological polar surface area (TPSA) is 24.9 Å². The molecule has 2 heterocycles. The lowest BCUT2D eigenvalue weighted by Gasteiger charge is -2.04. The van der Waals surface area contributed by atoms with Crippen molar-refractivity contribution in [1.82, 2.24) is 10.3 Å². The smallest absolute Gasteiger partial charge is 0.316 e.